The average Bonchev–Trinajstić information content (AvgIpc) is 3.23. The third-order valence-electron chi connectivity index (χ3n) is 12.3. The standard InChI is InChI=1S/C52H78N6O9/c1-35(2)28-41(55-45(61)40(29-37-18-12-10-13-19-37)32-44(60)42(30-38-20-14-11-15-21-38)56-49(65)67-51(7,8)9)43(59)31-39(22-16-17-25-54-48(64)66-50(4,5)6)47(63)58-33-52(34-58)23-26-57(27-24-52)46(62)36(3)53/h10-15,18-21,35-36,39-42H,16-17,22-34,53H2,1-9H3,(H,54,64)(H,55,61)(H,56,65)/t36-,39+,40+,41-,42-/m1/s1. The molecule has 5 N–H and O–H groups in total. The molecule has 0 saturated carbocycles. The molecule has 2 fully saturated rings. The summed E-state index contributed by atoms with van der Waals surface area (Å²) < 4.78 is 10.9. The summed E-state index contributed by atoms with van der Waals surface area (Å²) in [5.41, 5.74) is 5.96. The van der Waals surface area contributed by atoms with Crippen molar-refractivity contribution in [3.63, 3.8) is 0 Å². The number of nitrogens with two attached hydrogens (primary N) is 1. The number of hydrogen-bond acceptors (Lipinski definition) is 10. The zero-order chi connectivity index (χ0) is 49.5. The van der Waals surface area contributed by atoms with Gasteiger partial charge in [0, 0.05) is 62.8 Å². The van der Waals surface area contributed by atoms with Crippen LogP contribution in [0.15, 0.2) is 60.7 Å². The Kier molecular flexibility index (Phi) is 20.0. The number of ketones is 2. The third-order valence-corrected chi connectivity index (χ3v) is 12.3. The number of ether oxygens (including phenoxy) is 2. The lowest BCUT2D eigenvalue weighted by molar-refractivity contribution is -0.155. The summed E-state index contributed by atoms with van der Waals surface area (Å²) >= 11 is 0. The Bertz CT molecular complexity index is 1960. The molecule has 67 heavy (non-hydrogen) atoms. The molecule has 5 atom stereocenters. The van der Waals surface area contributed by atoms with E-state index in [1.807, 2.05) is 79.4 Å². The van der Waals surface area contributed by atoms with Crippen molar-refractivity contribution in [3.05, 3.63) is 71.8 Å². The van der Waals surface area contributed by atoms with Gasteiger partial charge in [-0.15, -0.1) is 0 Å². The van der Waals surface area contributed by atoms with E-state index >= 15 is 0 Å². The van der Waals surface area contributed by atoms with Crippen molar-refractivity contribution in [2.45, 2.75) is 156 Å². The van der Waals surface area contributed by atoms with E-state index in [2.05, 4.69) is 16.0 Å². The Morgan fingerprint density at radius 3 is 1.72 bits per heavy atom. The molecule has 0 bridgehead atoms. The second-order valence-electron chi connectivity index (χ2n) is 21.2. The molecule has 1 spiro atoms. The van der Waals surface area contributed by atoms with Crippen molar-refractivity contribution in [2.24, 2.45) is 28.9 Å². The van der Waals surface area contributed by atoms with Gasteiger partial charge in [-0.2, -0.15) is 0 Å². The van der Waals surface area contributed by atoms with E-state index in [-0.39, 0.29) is 60.4 Å². The van der Waals surface area contributed by atoms with E-state index in [4.69, 9.17) is 15.2 Å². The fourth-order valence-corrected chi connectivity index (χ4v) is 8.82. The molecule has 0 radical (unpaired) electrons. The highest BCUT2D eigenvalue weighted by molar-refractivity contribution is 5.95. The molecular weight excluding hydrogens is 853 g/mol. The predicted molar refractivity (Wildman–Crippen MR) is 258 cm³/mol. The highest BCUT2D eigenvalue weighted by atomic mass is 16.6. The molecule has 0 unspecified atom stereocenters. The van der Waals surface area contributed by atoms with Gasteiger partial charge in [-0.3, -0.25) is 24.0 Å². The average molecular weight is 931 g/mol. The quantitative estimate of drug-likeness (QED) is 0.0939. The molecule has 2 aromatic carbocycles. The molecule has 5 amide bonds. The number of rotatable bonds is 22. The third kappa shape index (κ3) is 18.4. The number of Topliss-reactive ketones (excluding diaryl/α,β-unsaturated/α-hetero) is 2. The minimum Gasteiger partial charge on any atom is -0.444 e. The first-order valence-electron chi connectivity index (χ1n) is 24.2. The largest absolute Gasteiger partial charge is 0.444 e. The molecular formula is C52H78N6O9. The van der Waals surface area contributed by atoms with Crippen molar-refractivity contribution in [1.82, 2.24) is 25.8 Å². The van der Waals surface area contributed by atoms with Crippen LogP contribution in [0.4, 0.5) is 9.59 Å². The molecule has 4 rings (SSSR count). The van der Waals surface area contributed by atoms with Crippen molar-refractivity contribution < 1.29 is 43.0 Å². The lowest BCUT2D eigenvalue weighted by Gasteiger charge is -2.54. The number of carbonyl (C=O) groups excluding carboxylic acids is 7. The van der Waals surface area contributed by atoms with Crippen LogP contribution in [-0.4, -0.2) is 113 Å². The summed E-state index contributed by atoms with van der Waals surface area (Å²) in [5, 5.41) is 8.55. The molecule has 2 saturated heterocycles. The lowest BCUT2D eigenvalue weighted by atomic mass is 9.71. The van der Waals surface area contributed by atoms with Crippen molar-refractivity contribution in [1.29, 1.82) is 0 Å². The van der Waals surface area contributed by atoms with Crippen LogP contribution >= 0.6 is 0 Å². The minimum atomic E-state index is -0.993. The summed E-state index contributed by atoms with van der Waals surface area (Å²) in [4.78, 5) is 99.2. The molecule has 2 aliphatic rings. The summed E-state index contributed by atoms with van der Waals surface area (Å²) in [6, 6.07) is 16.1. The first-order valence-corrected chi connectivity index (χ1v) is 24.2. The second-order valence-corrected chi connectivity index (χ2v) is 21.2. The molecule has 2 heterocycles. The molecule has 2 aromatic rings. The summed E-state index contributed by atoms with van der Waals surface area (Å²) in [6.07, 6.45) is 2.13. The van der Waals surface area contributed by atoms with E-state index in [0.717, 1.165) is 24.0 Å². The van der Waals surface area contributed by atoms with E-state index < -0.39 is 59.3 Å². The topological polar surface area (TPSA) is 207 Å². The number of piperidine rings is 1. The van der Waals surface area contributed by atoms with Crippen LogP contribution in [0.1, 0.15) is 125 Å². The van der Waals surface area contributed by atoms with Crippen molar-refractivity contribution in [3.8, 4) is 0 Å². The Hall–Kier alpha value is -5.31. The van der Waals surface area contributed by atoms with Crippen LogP contribution in [-0.2, 0) is 46.3 Å². The molecule has 15 nitrogen and oxygen atoms in total. The Labute approximate surface area is 398 Å². The van der Waals surface area contributed by atoms with Gasteiger partial charge < -0.3 is 41.0 Å². The van der Waals surface area contributed by atoms with E-state index in [1.165, 1.54) is 0 Å². The number of alkyl carbamates (subject to hydrolysis) is 2. The van der Waals surface area contributed by atoms with Crippen molar-refractivity contribution >= 4 is 41.5 Å². The summed E-state index contributed by atoms with van der Waals surface area (Å²) in [7, 11) is 0. The smallest absolute Gasteiger partial charge is 0.408 e. The zero-order valence-electron chi connectivity index (χ0n) is 41.5. The fourth-order valence-electron chi connectivity index (χ4n) is 8.82. The SMILES string of the molecule is CC(C)C[C@@H](NC(=O)[C@H](CC(=O)[C@@H](Cc1ccccc1)NC(=O)OC(C)(C)C)Cc1ccccc1)C(=O)C[C@H](CCCCNC(=O)OC(C)(C)C)C(=O)N1CC2(CCN(C(=O)[C@@H](C)N)CC2)C1. The maximum absolute atomic E-state index is 14.5. The van der Waals surface area contributed by atoms with Gasteiger partial charge in [0.1, 0.15) is 11.2 Å². The van der Waals surface area contributed by atoms with Gasteiger partial charge in [0.2, 0.25) is 17.7 Å². The molecule has 2 aliphatic heterocycles. The molecule has 0 aliphatic carbocycles. The Morgan fingerprint density at radius 1 is 0.657 bits per heavy atom. The van der Waals surface area contributed by atoms with Crippen LogP contribution in [0, 0.1) is 23.2 Å². The van der Waals surface area contributed by atoms with Gasteiger partial charge in [0.25, 0.3) is 0 Å². The highest BCUT2D eigenvalue weighted by Crippen LogP contribution is 2.41. The molecule has 15 heteroatoms. The van der Waals surface area contributed by atoms with E-state index in [1.54, 1.807) is 53.4 Å². The van der Waals surface area contributed by atoms with Crippen LogP contribution in [0.2, 0.25) is 0 Å². The number of carbonyl (C=O) groups is 7. The first kappa shape index (κ1) is 54.3. The number of likely N-dealkylation sites (tertiary alicyclic amines) is 2. The zero-order valence-corrected chi connectivity index (χ0v) is 41.5. The van der Waals surface area contributed by atoms with Crippen LogP contribution in [0.5, 0.6) is 0 Å². The van der Waals surface area contributed by atoms with E-state index in [0.29, 0.717) is 58.4 Å². The van der Waals surface area contributed by atoms with Crippen molar-refractivity contribution in [2.75, 3.05) is 32.7 Å². The second kappa shape index (κ2) is 24.6. The number of benzene rings is 2. The summed E-state index contributed by atoms with van der Waals surface area (Å²) in [6.45, 7) is 18.7. The van der Waals surface area contributed by atoms with Gasteiger partial charge in [-0.25, -0.2) is 9.59 Å². The van der Waals surface area contributed by atoms with Gasteiger partial charge >= 0.3 is 12.2 Å². The van der Waals surface area contributed by atoms with E-state index in [9.17, 15) is 33.6 Å². The number of amides is 5. The van der Waals surface area contributed by atoms with Crippen LogP contribution in [0.3, 0.4) is 0 Å². The normalized spacial score (nSPS) is 17.0. The van der Waals surface area contributed by atoms with Gasteiger partial charge in [-0.05, 0) is 110 Å². The number of nitrogens with one attached hydrogen (secondary N) is 3. The predicted octanol–water partition coefficient (Wildman–Crippen LogP) is 6.54. The Morgan fingerprint density at radius 2 is 1.18 bits per heavy atom. The maximum atomic E-state index is 14.5. The maximum Gasteiger partial charge on any atom is 0.408 e. The fraction of sp³-hybridized carbons (Fsp3) is 0.635. The first-order chi connectivity index (χ1) is 31.4. The molecule has 0 aromatic heterocycles. The number of hydrogen-bond donors (Lipinski definition) is 4. The number of unbranched alkanes of at least 4 members (excludes halogenated alkanes) is 1. The van der Waals surface area contributed by atoms with Gasteiger partial charge in [0.15, 0.2) is 11.6 Å². The molecule has 370 valence electrons. The monoisotopic (exact) mass is 931 g/mol. The summed E-state index contributed by atoms with van der Waals surface area (Å²) in [5.74, 6) is -2.87. The Balaban J connectivity index is 1.52. The lowest BCUT2D eigenvalue weighted by Crippen LogP contribution is -2.63. The highest BCUT2D eigenvalue weighted by Gasteiger charge is 2.48. The van der Waals surface area contributed by atoms with Gasteiger partial charge in [-0.1, -0.05) is 80.9 Å². The minimum absolute atomic E-state index is 0.0000595. The van der Waals surface area contributed by atoms with Crippen LogP contribution < -0.4 is 21.7 Å². The number of nitrogens with zero attached hydrogens (tertiary/aromatic N) is 2. The van der Waals surface area contributed by atoms with Crippen LogP contribution in [0.25, 0.3) is 0 Å². The van der Waals surface area contributed by atoms with Gasteiger partial charge in [0.05, 0.1) is 18.1 Å².